The molecule has 1 heterocycles. The lowest BCUT2D eigenvalue weighted by Crippen LogP contribution is -2.02. The van der Waals surface area contributed by atoms with Gasteiger partial charge in [0.15, 0.2) is 23.0 Å². The minimum absolute atomic E-state index is 0.291. The Morgan fingerprint density at radius 1 is 0.650 bits per heavy atom. The van der Waals surface area contributed by atoms with Crippen molar-refractivity contribution in [2.24, 2.45) is 0 Å². The third kappa shape index (κ3) is 2.31. The molecule has 0 N–H and O–H groups in total. The first kappa shape index (κ1) is 15.1. The Hall–Kier alpha value is 0.160. The van der Waals surface area contributed by atoms with Crippen LogP contribution < -0.4 is 9.47 Å². The zero-order valence-corrected chi connectivity index (χ0v) is 15.4. The summed E-state index contributed by atoms with van der Waals surface area (Å²) < 4.78 is 12.6. The maximum atomic E-state index is 6.18. The molecule has 3 rings (SSSR count). The molecule has 0 amide bonds. The van der Waals surface area contributed by atoms with Crippen LogP contribution in [0.3, 0.4) is 0 Å². The van der Waals surface area contributed by atoms with Crippen LogP contribution in [0.2, 0.25) is 20.1 Å². The van der Waals surface area contributed by atoms with Crippen LogP contribution in [0.25, 0.3) is 0 Å². The highest BCUT2D eigenvalue weighted by Gasteiger charge is 2.30. The monoisotopic (exact) mass is 476 g/mol. The molecular formula is C12H2Br2Cl4O2. The summed E-state index contributed by atoms with van der Waals surface area (Å²) in [7, 11) is 0. The quantitative estimate of drug-likeness (QED) is 0.307. The highest BCUT2D eigenvalue weighted by atomic mass is 79.9. The zero-order valence-electron chi connectivity index (χ0n) is 9.24. The third-order valence-electron chi connectivity index (χ3n) is 2.58. The van der Waals surface area contributed by atoms with E-state index in [9.17, 15) is 0 Å². The van der Waals surface area contributed by atoms with Crippen molar-refractivity contribution in [3.63, 3.8) is 0 Å². The molecule has 0 aromatic heterocycles. The molecular weight excluding hydrogens is 478 g/mol. The fourth-order valence-corrected chi connectivity index (χ4v) is 3.60. The summed E-state index contributed by atoms with van der Waals surface area (Å²) >= 11 is 31.2. The van der Waals surface area contributed by atoms with Crippen LogP contribution in [-0.4, -0.2) is 0 Å². The third-order valence-corrected chi connectivity index (χ3v) is 5.60. The van der Waals surface area contributed by atoms with Gasteiger partial charge in [-0.25, -0.2) is 0 Å². The molecule has 1 aliphatic heterocycles. The summed E-state index contributed by atoms with van der Waals surface area (Å²) in [6.45, 7) is 0. The van der Waals surface area contributed by atoms with E-state index >= 15 is 0 Å². The van der Waals surface area contributed by atoms with E-state index in [0.717, 1.165) is 0 Å². The predicted octanol–water partition coefficient (Wildman–Crippen LogP) is 7.72. The summed E-state index contributed by atoms with van der Waals surface area (Å²) in [5.74, 6) is 1.17. The minimum Gasteiger partial charge on any atom is -0.446 e. The lowest BCUT2D eigenvalue weighted by molar-refractivity contribution is 0.360. The molecule has 8 heteroatoms. The van der Waals surface area contributed by atoms with Crippen LogP contribution in [0.1, 0.15) is 0 Å². The Morgan fingerprint density at radius 3 is 1.35 bits per heavy atom. The molecule has 0 saturated heterocycles. The van der Waals surface area contributed by atoms with Crippen molar-refractivity contribution in [2.45, 2.75) is 0 Å². The predicted molar refractivity (Wildman–Crippen MR) is 88.5 cm³/mol. The van der Waals surface area contributed by atoms with Gasteiger partial charge in [0.1, 0.15) is 10.0 Å². The zero-order chi connectivity index (χ0) is 14.6. The molecule has 0 radical (unpaired) electrons. The minimum atomic E-state index is 0.291. The second-order valence-electron chi connectivity index (χ2n) is 3.83. The number of fused-ring (bicyclic) bond motifs is 2. The standard InChI is InChI=1S/C12H2Br2Cl4O2/c13-3-1-5(15)9-11(7(3)17)20-10-6(16)2-4(14)8(18)12(10)19-9/h1-2H. The van der Waals surface area contributed by atoms with Crippen LogP contribution in [0.4, 0.5) is 0 Å². The largest absolute Gasteiger partial charge is 0.446 e. The van der Waals surface area contributed by atoms with E-state index in [4.69, 9.17) is 55.9 Å². The molecule has 0 fully saturated rings. The molecule has 1 aliphatic rings. The van der Waals surface area contributed by atoms with Gasteiger partial charge in [0.25, 0.3) is 0 Å². The Bertz CT molecular complexity index is 686. The highest BCUT2D eigenvalue weighted by Crippen LogP contribution is 2.58. The van der Waals surface area contributed by atoms with E-state index in [0.29, 0.717) is 52.0 Å². The van der Waals surface area contributed by atoms with E-state index in [1.54, 1.807) is 12.1 Å². The molecule has 0 spiro atoms. The van der Waals surface area contributed by atoms with Crippen molar-refractivity contribution in [1.29, 1.82) is 0 Å². The first-order valence-corrected chi connectivity index (χ1v) is 8.20. The maximum absolute atomic E-state index is 6.18. The molecule has 2 aromatic rings. The van der Waals surface area contributed by atoms with E-state index in [-0.39, 0.29) is 0 Å². The van der Waals surface area contributed by atoms with Gasteiger partial charge in [-0.15, -0.1) is 0 Å². The van der Waals surface area contributed by atoms with Crippen molar-refractivity contribution in [3.05, 3.63) is 41.2 Å². The van der Waals surface area contributed by atoms with Crippen molar-refractivity contribution in [3.8, 4) is 23.0 Å². The maximum Gasteiger partial charge on any atom is 0.191 e. The Morgan fingerprint density at radius 2 is 1.00 bits per heavy atom. The molecule has 20 heavy (non-hydrogen) atoms. The first-order valence-electron chi connectivity index (χ1n) is 5.11. The Kier molecular flexibility index (Phi) is 4.08. The van der Waals surface area contributed by atoms with Gasteiger partial charge in [0.2, 0.25) is 0 Å². The molecule has 0 atom stereocenters. The molecule has 104 valence electrons. The topological polar surface area (TPSA) is 18.5 Å². The summed E-state index contributed by atoms with van der Waals surface area (Å²) in [5.41, 5.74) is 0. The number of halogens is 6. The van der Waals surface area contributed by atoms with Crippen LogP contribution in [0, 0.1) is 0 Å². The average Bonchev–Trinajstić information content (AvgIpc) is 2.41. The van der Waals surface area contributed by atoms with Crippen LogP contribution in [0.5, 0.6) is 23.0 Å². The van der Waals surface area contributed by atoms with E-state index in [1.807, 2.05) is 0 Å². The van der Waals surface area contributed by atoms with Gasteiger partial charge in [-0.3, -0.25) is 0 Å². The highest BCUT2D eigenvalue weighted by molar-refractivity contribution is 9.10. The van der Waals surface area contributed by atoms with Crippen LogP contribution >= 0.6 is 78.3 Å². The Balaban J connectivity index is 2.27. The van der Waals surface area contributed by atoms with Gasteiger partial charge in [-0.05, 0) is 44.0 Å². The van der Waals surface area contributed by atoms with Crippen molar-refractivity contribution in [2.75, 3.05) is 0 Å². The van der Waals surface area contributed by atoms with E-state index in [1.165, 1.54) is 0 Å². The van der Waals surface area contributed by atoms with Gasteiger partial charge in [-0.2, -0.15) is 0 Å². The molecule has 0 unspecified atom stereocenters. The van der Waals surface area contributed by atoms with Gasteiger partial charge < -0.3 is 9.47 Å². The summed E-state index contributed by atoms with van der Waals surface area (Å²) in [4.78, 5) is 0. The molecule has 2 nitrogen and oxygen atoms in total. The van der Waals surface area contributed by atoms with Gasteiger partial charge in [-0.1, -0.05) is 46.4 Å². The average molecular weight is 480 g/mol. The van der Waals surface area contributed by atoms with Crippen LogP contribution in [0.15, 0.2) is 21.1 Å². The van der Waals surface area contributed by atoms with Gasteiger partial charge in [0.05, 0.1) is 10.0 Å². The number of ether oxygens (including phenoxy) is 2. The molecule has 0 aliphatic carbocycles. The second kappa shape index (κ2) is 5.41. The molecule has 0 saturated carbocycles. The van der Waals surface area contributed by atoms with Gasteiger partial charge in [0, 0.05) is 8.95 Å². The molecule has 0 bridgehead atoms. The van der Waals surface area contributed by atoms with Crippen LogP contribution in [-0.2, 0) is 0 Å². The lowest BCUT2D eigenvalue weighted by atomic mass is 10.2. The summed E-state index contributed by atoms with van der Waals surface area (Å²) in [5, 5.41) is 1.36. The first-order chi connectivity index (χ1) is 9.40. The van der Waals surface area contributed by atoms with Gasteiger partial charge >= 0.3 is 0 Å². The summed E-state index contributed by atoms with van der Waals surface area (Å²) in [6, 6.07) is 3.23. The van der Waals surface area contributed by atoms with Crippen molar-refractivity contribution in [1.82, 2.24) is 0 Å². The second-order valence-corrected chi connectivity index (χ2v) is 7.11. The fourth-order valence-electron chi connectivity index (χ4n) is 1.69. The normalized spacial score (nSPS) is 12.3. The van der Waals surface area contributed by atoms with Crippen molar-refractivity contribution >= 4 is 78.3 Å². The number of hydrogen-bond donors (Lipinski definition) is 0. The number of hydrogen-bond acceptors (Lipinski definition) is 2. The smallest absolute Gasteiger partial charge is 0.191 e. The van der Waals surface area contributed by atoms with Crippen molar-refractivity contribution < 1.29 is 9.47 Å². The van der Waals surface area contributed by atoms with E-state index in [2.05, 4.69) is 31.9 Å². The van der Waals surface area contributed by atoms with E-state index < -0.39 is 0 Å². The number of benzene rings is 2. The SMILES string of the molecule is Clc1cc(Br)c(Cl)c2c1Oc1c(Cl)c(Br)cc(Cl)c1O2. The Labute approximate surface area is 151 Å². The summed E-state index contributed by atoms with van der Waals surface area (Å²) in [6.07, 6.45) is 0. The fraction of sp³-hybridized carbons (Fsp3) is 0. The number of rotatable bonds is 0. The molecule has 2 aromatic carbocycles. The lowest BCUT2D eigenvalue weighted by Gasteiger charge is -2.24.